The van der Waals surface area contributed by atoms with E-state index in [-0.39, 0.29) is 12.1 Å². The number of hydrogen-bond donors (Lipinski definition) is 2. The summed E-state index contributed by atoms with van der Waals surface area (Å²) < 4.78 is 0. The molecule has 4 heteroatoms. The molecule has 3 N–H and O–H groups in total. The summed E-state index contributed by atoms with van der Waals surface area (Å²) in [6.45, 7) is 3.19. The van der Waals surface area contributed by atoms with E-state index in [1.165, 1.54) is 0 Å². The molecule has 0 aliphatic rings. The van der Waals surface area contributed by atoms with Crippen LogP contribution in [0.2, 0.25) is 0 Å². The van der Waals surface area contributed by atoms with Gasteiger partial charge in [-0.3, -0.25) is 9.88 Å². The van der Waals surface area contributed by atoms with Gasteiger partial charge in [0.2, 0.25) is 0 Å². The van der Waals surface area contributed by atoms with Crippen molar-refractivity contribution in [2.45, 2.75) is 25.5 Å². The fourth-order valence-corrected chi connectivity index (χ4v) is 1.69. The highest BCUT2D eigenvalue weighted by molar-refractivity contribution is 5.14. The summed E-state index contributed by atoms with van der Waals surface area (Å²) in [6, 6.07) is 4.12. The summed E-state index contributed by atoms with van der Waals surface area (Å²) in [5.41, 5.74) is 6.90. The third kappa shape index (κ3) is 3.89. The zero-order valence-electron chi connectivity index (χ0n) is 10.0. The summed E-state index contributed by atoms with van der Waals surface area (Å²) in [6.07, 6.45) is 4.09. The number of pyridine rings is 1. The first-order chi connectivity index (χ1) is 7.65. The standard InChI is InChI=1S/C12H21N3O/c1-10(16)5-7-15(2)12(8-13)11-4-3-6-14-9-11/h3-4,6,9-10,12,16H,5,7-8,13H2,1-2H3. The zero-order valence-corrected chi connectivity index (χ0v) is 10.0. The Morgan fingerprint density at radius 1 is 1.56 bits per heavy atom. The van der Waals surface area contributed by atoms with E-state index < -0.39 is 0 Å². The molecule has 0 saturated carbocycles. The monoisotopic (exact) mass is 223 g/mol. The van der Waals surface area contributed by atoms with Crippen LogP contribution in [0.1, 0.15) is 24.9 Å². The van der Waals surface area contributed by atoms with Crippen molar-refractivity contribution in [3.05, 3.63) is 30.1 Å². The van der Waals surface area contributed by atoms with Crippen LogP contribution in [0.3, 0.4) is 0 Å². The van der Waals surface area contributed by atoms with Crippen molar-refractivity contribution in [2.24, 2.45) is 5.73 Å². The van der Waals surface area contributed by atoms with Crippen molar-refractivity contribution in [3.8, 4) is 0 Å². The smallest absolute Gasteiger partial charge is 0.0524 e. The van der Waals surface area contributed by atoms with E-state index in [1.54, 1.807) is 13.1 Å². The van der Waals surface area contributed by atoms with Gasteiger partial charge >= 0.3 is 0 Å². The molecule has 0 saturated heterocycles. The second kappa shape index (κ2) is 6.58. The minimum absolute atomic E-state index is 0.174. The van der Waals surface area contributed by atoms with Gasteiger partial charge in [0, 0.05) is 31.5 Å². The Hall–Kier alpha value is -0.970. The average molecular weight is 223 g/mol. The molecular formula is C12H21N3O. The van der Waals surface area contributed by atoms with Crippen LogP contribution in [0, 0.1) is 0 Å². The van der Waals surface area contributed by atoms with Gasteiger partial charge in [0.25, 0.3) is 0 Å². The molecule has 0 aliphatic carbocycles. The molecule has 1 rings (SSSR count). The molecule has 16 heavy (non-hydrogen) atoms. The minimum atomic E-state index is -0.269. The summed E-state index contributed by atoms with van der Waals surface area (Å²) >= 11 is 0. The molecule has 1 heterocycles. The molecule has 90 valence electrons. The van der Waals surface area contributed by atoms with Crippen LogP contribution in [0.5, 0.6) is 0 Å². The van der Waals surface area contributed by atoms with Gasteiger partial charge in [0.1, 0.15) is 0 Å². The Morgan fingerprint density at radius 2 is 2.31 bits per heavy atom. The normalized spacial score (nSPS) is 15.1. The summed E-state index contributed by atoms with van der Waals surface area (Å²) in [7, 11) is 2.02. The third-order valence-corrected chi connectivity index (χ3v) is 2.72. The largest absolute Gasteiger partial charge is 0.393 e. The van der Waals surface area contributed by atoms with E-state index in [0.717, 1.165) is 18.5 Å². The Labute approximate surface area is 97.1 Å². The van der Waals surface area contributed by atoms with E-state index in [0.29, 0.717) is 6.54 Å². The van der Waals surface area contributed by atoms with Crippen LogP contribution >= 0.6 is 0 Å². The van der Waals surface area contributed by atoms with Crippen LogP contribution in [0.4, 0.5) is 0 Å². The Bertz CT molecular complexity index is 290. The second-order valence-electron chi connectivity index (χ2n) is 4.16. The maximum Gasteiger partial charge on any atom is 0.0524 e. The first kappa shape index (κ1) is 13.1. The highest BCUT2D eigenvalue weighted by Gasteiger charge is 2.15. The van der Waals surface area contributed by atoms with E-state index in [9.17, 15) is 5.11 Å². The predicted molar refractivity (Wildman–Crippen MR) is 65.0 cm³/mol. The van der Waals surface area contributed by atoms with Gasteiger partial charge in [-0.2, -0.15) is 0 Å². The van der Waals surface area contributed by atoms with Gasteiger partial charge in [0.15, 0.2) is 0 Å². The molecule has 1 aromatic rings. The van der Waals surface area contributed by atoms with Crippen molar-refractivity contribution < 1.29 is 5.11 Å². The summed E-state index contributed by atoms with van der Waals surface area (Å²) in [5, 5.41) is 9.26. The number of hydrogen-bond acceptors (Lipinski definition) is 4. The fraction of sp³-hybridized carbons (Fsp3) is 0.583. The van der Waals surface area contributed by atoms with Crippen molar-refractivity contribution in [1.82, 2.24) is 9.88 Å². The highest BCUT2D eigenvalue weighted by Crippen LogP contribution is 2.17. The maximum absolute atomic E-state index is 9.26. The number of nitrogens with two attached hydrogens (primary N) is 1. The molecule has 0 radical (unpaired) electrons. The third-order valence-electron chi connectivity index (χ3n) is 2.72. The quantitative estimate of drug-likeness (QED) is 0.748. The van der Waals surface area contributed by atoms with Gasteiger partial charge < -0.3 is 10.8 Å². The number of likely N-dealkylation sites (N-methyl/N-ethyl adjacent to an activating group) is 1. The van der Waals surface area contributed by atoms with E-state index in [2.05, 4.69) is 9.88 Å². The highest BCUT2D eigenvalue weighted by atomic mass is 16.3. The van der Waals surface area contributed by atoms with Crippen LogP contribution in [0.25, 0.3) is 0 Å². The lowest BCUT2D eigenvalue weighted by molar-refractivity contribution is 0.150. The number of aromatic nitrogens is 1. The lowest BCUT2D eigenvalue weighted by Crippen LogP contribution is -2.32. The molecule has 2 unspecified atom stereocenters. The Kier molecular flexibility index (Phi) is 5.38. The van der Waals surface area contributed by atoms with E-state index in [4.69, 9.17) is 5.73 Å². The number of rotatable bonds is 6. The lowest BCUT2D eigenvalue weighted by atomic mass is 10.1. The lowest BCUT2D eigenvalue weighted by Gasteiger charge is -2.27. The SMILES string of the molecule is CC(O)CCN(C)C(CN)c1cccnc1. The molecule has 0 aliphatic heterocycles. The minimum Gasteiger partial charge on any atom is -0.393 e. The van der Waals surface area contributed by atoms with Gasteiger partial charge in [-0.05, 0) is 32.0 Å². The van der Waals surface area contributed by atoms with Crippen molar-refractivity contribution in [3.63, 3.8) is 0 Å². The van der Waals surface area contributed by atoms with Crippen molar-refractivity contribution in [2.75, 3.05) is 20.1 Å². The van der Waals surface area contributed by atoms with Crippen LogP contribution in [-0.4, -0.2) is 41.2 Å². The van der Waals surface area contributed by atoms with Gasteiger partial charge in [-0.15, -0.1) is 0 Å². The topological polar surface area (TPSA) is 62.4 Å². The van der Waals surface area contributed by atoms with Crippen LogP contribution in [0.15, 0.2) is 24.5 Å². The number of nitrogens with zero attached hydrogens (tertiary/aromatic N) is 2. The predicted octanol–water partition coefficient (Wildman–Crippen LogP) is 0.784. The average Bonchev–Trinajstić information content (AvgIpc) is 2.29. The van der Waals surface area contributed by atoms with Gasteiger partial charge in [0.05, 0.1) is 6.10 Å². The second-order valence-corrected chi connectivity index (χ2v) is 4.16. The molecule has 0 fully saturated rings. The number of aliphatic hydroxyl groups is 1. The molecule has 4 nitrogen and oxygen atoms in total. The molecular weight excluding hydrogens is 202 g/mol. The Balaban J connectivity index is 2.60. The Morgan fingerprint density at radius 3 is 2.81 bits per heavy atom. The van der Waals surface area contributed by atoms with Crippen LogP contribution < -0.4 is 5.73 Å². The molecule has 0 bridgehead atoms. The van der Waals surface area contributed by atoms with Crippen molar-refractivity contribution >= 4 is 0 Å². The van der Waals surface area contributed by atoms with Gasteiger partial charge in [-0.25, -0.2) is 0 Å². The molecule has 0 spiro atoms. The fourth-order valence-electron chi connectivity index (χ4n) is 1.69. The zero-order chi connectivity index (χ0) is 12.0. The molecule has 1 aromatic heterocycles. The van der Waals surface area contributed by atoms with Crippen molar-refractivity contribution in [1.29, 1.82) is 0 Å². The maximum atomic E-state index is 9.26. The molecule has 0 amide bonds. The molecule has 2 atom stereocenters. The first-order valence-electron chi connectivity index (χ1n) is 5.63. The number of aliphatic hydroxyl groups excluding tert-OH is 1. The summed E-state index contributed by atoms with van der Waals surface area (Å²) in [4.78, 5) is 6.26. The summed E-state index contributed by atoms with van der Waals surface area (Å²) in [5.74, 6) is 0. The molecule has 0 aromatic carbocycles. The van der Waals surface area contributed by atoms with Crippen LogP contribution in [-0.2, 0) is 0 Å². The van der Waals surface area contributed by atoms with E-state index in [1.807, 2.05) is 25.4 Å². The first-order valence-corrected chi connectivity index (χ1v) is 5.63. The van der Waals surface area contributed by atoms with Gasteiger partial charge in [-0.1, -0.05) is 6.07 Å². The van der Waals surface area contributed by atoms with E-state index >= 15 is 0 Å².